The van der Waals surface area contributed by atoms with E-state index < -0.39 is 0 Å². The van der Waals surface area contributed by atoms with E-state index in [0.29, 0.717) is 5.96 Å². The van der Waals surface area contributed by atoms with Crippen LogP contribution >= 0.6 is 0 Å². The summed E-state index contributed by atoms with van der Waals surface area (Å²) in [5.74, 6) is 1.03. The number of carbonyl (C=O) groups is 1. The van der Waals surface area contributed by atoms with E-state index in [1.54, 1.807) is 7.05 Å². The second-order valence-corrected chi connectivity index (χ2v) is 9.15. The van der Waals surface area contributed by atoms with Gasteiger partial charge in [0.25, 0.3) is 0 Å². The summed E-state index contributed by atoms with van der Waals surface area (Å²) in [6, 6.07) is 15.9. The van der Waals surface area contributed by atoms with Gasteiger partial charge in [-0.25, -0.2) is 4.99 Å². The van der Waals surface area contributed by atoms with Crippen molar-refractivity contribution in [2.45, 2.75) is 56.9 Å². The molecular formula is C25H29N3O. The minimum Gasteiger partial charge on any atom is -0.369 e. The number of aryl methyl sites for hydroxylation is 2. The summed E-state index contributed by atoms with van der Waals surface area (Å²) in [6.07, 6.45) is 8.74. The van der Waals surface area contributed by atoms with Crippen molar-refractivity contribution in [3.8, 4) is 0 Å². The fourth-order valence-corrected chi connectivity index (χ4v) is 5.38. The van der Waals surface area contributed by atoms with Gasteiger partial charge in [-0.05, 0) is 78.7 Å². The van der Waals surface area contributed by atoms with Crippen LogP contribution in [0.5, 0.6) is 0 Å². The molecule has 1 spiro atoms. The van der Waals surface area contributed by atoms with Gasteiger partial charge in [-0.15, -0.1) is 0 Å². The Balaban J connectivity index is 1.56. The molecule has 1 amide bonds. The molecule has 0 aromatic heterocycles. The highest BCUT2D eigenvalue weighted by atomic mass is 16.1. The van der Waals surface area contributed by atoms with Crippen LogP contribution in [0.3, 0.4) is 0 Å². The molecule has 0 aliphatic heterocycles. The summed E-state index contributed by atoms with van der Waals surface area (Å²) < 4.78 is 0. The predicted molar refractivity (Wildman–Crippen MR) is 116 cm³/mol. The van der Waals surface area contributed by atoms with Crippen LogP contribution in [0, 0.1) is 5.41 Å². The van der Waals surface area contributed by atoms with Crippen molar-refractivity contribution >= 4 is 12.4 Å². The van der Waals surface area contributed by atoms with Gasteiger partial charge in [0.05, 0.1) is 6.04 Å². The SMILES string of the molecule is CN(C=O)C(N)=NC1c2cc(C3CC3)ccc2CC12CCc1ccccc1CC2. The van der Waals surface area contributed by atoms with Gasteiger partial charge in [0.2, 0.25) is 6.41 Å². The molecule has 5 rings (SSSR count). The highest BCUT2D eigenvalue weighted by Gasteiger charge is 2.47. The number of rotatable bonds is 3. The molecule has 0 radical (unpaired) electrons. The van der Waals surface area contributed by atoms with Crippen LogP contribution in [0.15, 0.2) is 47.5 Å². The molecular weight excluding hydrogens is 358 g/mol. The Morgan fingerprint density at radius 1 is 1.10 bits per heavy atom. The monoisotopic (exact) mass is 387 g/mol. The third-order valence-electron chi connectivity index (χ3n) is 7.32. The van der Waals surface area contributed by atoms with E-state index in [1.807, 2.05) is 0 Å². The van der Waals surface area contributed by atoms with E-state index in [0.717, 1.165) is 44.4 Å². The molecule has 1 atom stereocenters. The van der Waals surface area contributed by atoms with E-state index in [-0.39, 0.29) is 11.5 Å². The summed E-state index contributed by atoms with van der Waals surface area (Å²) >= 11 is 0. The average Bonchev–Trinajstić information content (AvgIpc) is 3.56. The van der Waals surface area contributed by atoms with Crippen LogP contribution in [0.4, 0.5) is 0 Å². The van der Waals surface area contributed by atoms with Gasteiger partial charge in [-0.3, -0.25) is 9.69 Å². The first kappa shape index (κ1) is 18.4. The van der Waals surface area contributed by atoms with Crippen molar-refractivity contribution in [2.24, 2.45) is 16.1 Å². The molecule has 150 valence electrons. The zero-order chi connectivity index (χ0) is 20.0. The minimum atomic E-state index is 0.0212. The Morgan fingerprint density at radius 2 is 1.79 bits per heavy atom. The zero-order valence-electron chi connectivity index (χ0n) is 17.1. The number of guanidine groups is 1. The molecule has 2 aromatic rings. The average molecular weight is 388 g/mol. The largest absolute Gasteiger partial charge is 0.369 e. The lowest BCUT2D eigenvalue weighted by Gasteiger charge is -2.33. The maximum Gasteiger partial charge on any atom is 0.216 e. The van der Waals surface area contributed by atoms with Crippen LogP contribution in [-0.4, -0.2) is 24.3 Å². The second kappa shape index (κ2) is 7.01. The Labute approximate surface area is 172 Å². The van der Waals surface area contributed by atoms with Gasteiger partial charge < -0.3 is 5.73 Å². The molecule has 3 aliphatic rings. The van der Waals surface area contributed by atoms with Crippen LogP contribution in [0.25, 0.3) is 0 Å². The van der Waals surface area contributed by atoms with Crippen molar-refractivity contribution in [3.05, 3.63) is 70.3 Å². The Kier molecular flexibility index (Phi) is 4.45. The highest BCUT2D eigenvalue weighted by molar-refractivity contribution is 5.87. The fourth-order valence-electron chi connectivity index (χ4n) is 5.38. The van der Waals surface area contributed by atoms with Crippen molar-refractivity contribution in [1.29, 1.82) is 0 Å². The molecule has 1 unspecified atom stereocenters. The van der Waals surface area contributed by atoms with Crippen LogP contribution in [0.2, 0.25) is 0 Å². The molecule has 0 saturated heterocycles. The van der Waals surface area contributed by atoms with E-state index in [4.69, 9.17) is 10.7 Å². The topological polar surface area (TPSA) is 58.7 Å². The lowest BCUT2D eigenvalue weighted by atomic mass is 9.74. The number of hydrogen-bond donors (Lipinski definition) is 1. The molecule has 3 aliphatic carbocycles. The molecule has 0 heterocycles. The van der Waals surface area contributed by atoms with Crippen molar-refractivity contribution in [1.82, 2.24) is 4.90 Å². The Morgan fingerprint density at radius 3 is 2.41 bits per heavy atom. The van der Waals surface area contributed by atoms with Gasteiger partial charge >= 0.3 is 0 Å². The van der Waals surface area contributed by atoms with E-state index in [9.17, 15) is 4.79 Å². The molecule has 29 heavy (non-hydrogen) atoms. The molecule has 4 nitrogen and oxygen atoms in total. The summed E-state index contributed by atoms with van der Waals surface area (Å²) in [5.41, 5.74) is 13.4. The minimum absolute atomic E-state index is 0.0212. The molecule has 2 aromatic carbocycles. The van der Waals surface area contributed by atoms with E-state index in [2.05, 4.69) is 42.5 Å². The van der Waals surface area contributed by atoms with Gasteiger partial charge in [0.1, 0.15) is 0 Å². The predicted octanol–water partition coefficient (Wildman–Crippen LogP) is 4.13. The third kappa shape index (κ3) is 3.25. The van der Waals surface area contributed by atoms with Crippen LogP contribution in [0.1, 0.15) is 65.5 Å². The lowest BCUT2D eigenvalue weighted by molar-refractivity contribution is -0.114. The molecule has 1 fully saturated rings. The smallest absolute Gasteiger partial charge is 0.216 e. The number of aliphatic imine (C=N–C) groups is 1. The normalized spacial score (nSPS) is 22.7. The fraction of sp³-hybridized carbons (Fsp3) is 0.440. The summed E-state index contributed by atoms with van der Waals surface area (Å²) in [7, 11) is 1.68. The van der Waals surface area contributed by atoms with E-state index >= 15 is 0 Å². The number of amides is 1. The third-order valence-corrected chi connectivity index (χ3v) is 7.32. The maximum atomic E-state index is 11.3. The zero-order valence-corrected chi connectivity index (χ0v) is 17.1. The van der Waals surface area contributed by atoms with Gasteiger partial charge in [0, 0.05) is 12.5 Å². The first-order valence-electron chi connectivity index (χ1n) is 10.8. The van der Waals surface area contributed by atoms with Gasteiger partial charge in [0.15, 0.2) is 5.96 Å². The summed E-state index contributed by atoms with van der Waals surface area (Å²) in [6.45, 7) is 0. The number of carbonyl (C=O) groups excluding carboxylic acids is 1. The number of nitrogens with zero attached hydrogens (tertiary/aromatic N) is 2. The first-order chi connectivity index (χ1) is 14.1. The lowest BCUT2D eigenvalue weighted by Crippen LogP contribution is -2.35. The standard InChI is InChI=1S/C25H29N3O/c1-28(16-29)24(26)27-23-22-14-20(19-6-7-19)8-9-21(22)15-25(23)12-10-17-4-2-3-5-18(17)11-13-25/h2-5,8-9,14,16,19,23H,6-7,10-13,15H2,1H3,(H2,26,27). The van der Waals surface area contributed by atoms with E-state index in [1.165, 1.54) is 45.6 Å². The molecule has 1 saturated carbocycles. The molecule has 4 heteroatoms. The Bertz CT molecular complexity index is 949. The van der Waals surface area contributed by atoms with Crippen molar-refractivity contribution in [2.75, 3.05) is 7.05 Å². The number of fused-ring (bicyclic) bond motifs is 2. The van der Waals surface area contributed by atoms with Crippen LogP contribution in [-0.2, 0) is 24.1 Å². The molecule has 2 N–H and O–H groups in total. The highest BCUT2D eigenvalue weighted by Crippen LogP contribution is 2.55. The quantitative estimate of drug-likeness (QED) is 0.489. The molecule has 0 bridgehead atoms. The Hall–Kier alpha value is -2.62. The van der Waals surface area contributed by atoms with Gasteiger partial charge in [-0.1, -0.05) is 42.5 Å². The number of hydrogen-bond acceptors (Lipinski definition) is 2. The number of nitrogens with two attached hydrogens (primary N) is 1. The summed E-state index contributed by atoms with van der Waals surface area (Å²) in [5, 5.41) is 0. The van der Waals surface area contributed by atoms with Crippen LogP contribution < -0.4 is 5.73 Å². The second-order valence-electron chi connectivity index (χ2n) is 9.15. The number of benzene rings is 2. The van der Waals surface area contributed by atoms with Crippen molar-refractivity contribution in [3.63, 3.8) is 0 Å². The van der Waals surface area contributed by atoms with Gasteiger partial charge in [-0.2, -0.15) is 0 Å². The first-order valence-corrected chi connectivity index (χ1v) is 10.8. The maximum absolute atomic E-state index is 11.3. The summed E-state index contributed by atoms with van der Waals surface area (Å²) in [4.78, 5) is 17.6. The van der Waals surface area contributed by atoms with Crippen molar-refractivity contribution < 1.29 is 4.79 Å².